The van der Waals surface area contributed by atoms with Gasteiger partial charge in [0.05, 0.1) is 0 Å². The first-order valence-corrected chi connectivity index (χ1v) is 7.53. The lowest BCUT2D eigenvalue weighted by Crippen LogP contribution is -2.44. The Morgan fingerprint density at radius 1 is 1.33 bits per heavy atom. The molecule has 1 saturated carbocycles. The van der Waals surface area contributed by atoms with Gasteiger partial charge in [-0.2, -0.15) is 0 Å². The van der Waals surface area contributed by atoms with Gasteiger partial charge in [0.2, 0.25) is 5.91 Å². The summed E-state index contributed by atoms with van der Waals surface area (Å²) in [5.74, 6) is 0.940. The van der Waals surface area contributed by atoms with E-state index in [2.05, 4.69) is 27.7 Å². The zero-order valence-electron chi connectivity index (χ0n) is 12.5. The van der Waals surface area contributed by atoms with Gasteiger partial charge in [-0.25, -0.2) is 0 Å². The molecule has 0 saturated heterocycles. The summed E-state index contributed by atoms with van der Waals surface area (Å²) >= 11 is 0. The first-order valence-electron chi connectivity index (χ1n) is 7.53. The Labute approximate surface area is 112 Å². The van der Waals surface area contributed by atoms with Crippen LogP contribution in [0.15, 0.2) is 0 Å². The maximum atomic E-state index is 12.6. The molecule has 0 spiro atoms. The second kappa shape index (κ2) is 7.13. The van der Waals surface area contributed by atoms with Crippen LogP contribution < -0.4 is 5.73 Å². The lowest BCUT2D eigenvalue weighted by Gasteiger charge is -2.35. The molecule has 0 aromatic heterocycles. The van der Waals surface area contributed by atoms with Crippen LogP contribution in [-0.4, -0.2) is 29.4 Å². The van der Waals surface area contributed by atoms with Crippen molar-refractivity contribution < 1.29 is 4.79 Å². The van der Waals surface area contributed by atoms with Gasteiger partial charge < -0.3 is 10.6 Å². The standard InChI is InChI=1S/C15H30N2O/c1-5-9-17(11(2)3)15(18)12(4)13-7-6-8-14(16)10-13/h11-14H,5-10,16H2,1-4H3. The third-order valence-electron chi connectivity index (χ3n) is 4.22. The third kappa shape index (κ3) is 3.98. The van der Waals surface area contributed by atoms with Crippen molar-refractivity contribution >= 4 is 5.91 Å². The molecule has 1 fully saturated rings. The molecule has 1 aliphatic rings. The van der Waals surface area contributed by atoms with Crippen molar-refractivity contribution in [1.29, 1.82) is 0 Å². The summed E-state index contributed by atoms with van der Waals surface area (Å²) in [6, 6.07) is 0.606. The number of nitrogens with two attached hydrogens (primary N) is 1. The molecule has 0 aliphatic heterocycles. The van der Waals surface area contributed by atoms with Gasteiger partial charge >= 0.3 is 0 Å². The Bertz CT molecular complexity index is 265. The van der Waals surface area contributed by atoms with E-state index in [0.717, 1.165) is 25.8 Å². The zero-order chi connectivity index (χ0) is 13.7. The van der Waals surface area contributed by atoms with Crippen molar-refractivity contribution in [2.45, 2.75) is 71.9 Å². The average Bonchev–Trinajstić information content (AvgIpc) is 2.33. The van der Waals surface area contributed by atoms with Crippen molar-refractivity contribution in [2.75, 3.05) is 6.54 Å². The molecule has 1 rings (SSSR count). The van der Waals surface area contributed by atoms with Crippen LogP contribution in [0.4, 0.5) is 0 Å². The van der Waals surface area contributed by atoms with Crippen LogP contribution in [0.1, 0.15) is 59.8 Å². The predicted molar refractivity (Wildman–Crippen MR) is 76.2 cm³/mol. The van der Waals surface area contributed by atoms with Crippen molar-refractivity contribution in [3.63, 3.8) is 0 Å². The number of carbonyl (C=O) groups excluding carboxylic acids is 1. The molecule has 106 valence electrons. The highest BCUT2D eigenvalue weighted by molar-refractivity contribution is 5.79. The summed E-state index contributed by atoms with van der Waals surface area (Å²) in [7, 11) is 0. The number of carbonyl (C=O) groups is 1. The van der Waals surface area contributed by atoms with Gasteiger partial charge in [-0.1, -0.05) is 20.3 Å². The van der Waals surface area contributed by atoms with E-state index in [1.54, 1.807) is 0 Å². The summed E-state index contributed by atoms with van der Waals surface area (Å²) in [5, 5.41) is 0. The Hall–Kier alpha value is -0.570. The van der Waals surface area contributed by atoms with Gasteiger partial charge in [-0.3, -0.25) is 4.79 Å². The number of rotatable bonds is 5. The normalized spacial score (nSPS) is 26.1. The molecule has 0 radical (unpaired) electrons. The summed E-state index contributed by atoms with van der Waals surface area (Å²) < 4.78 is 0. The molecular formula is C15H30N2O. The van der Waals surface area contributed by atoms with E-state index in [9.17, 15) is 4.79 Å². The maximum Gasteiger partial charge on any atom is 0.225 e. The van der Waals surface area contributed by atoms with E-state index in [1.165, 1.54) is 12.8 Å². The predicted octanol–water partition coefficient (Wildman–Crippen LogP) is 2.79. The van der Waals surface area contributed by atoms with Crippen molar-refractivity contribution in [1.82, 2.24) is 4.90 Å². The van der Waals surface area contributed by atoms with Crippen LogP contribution in [0.2, 0.25) is 0 Å². The molecule has 18 heavy (non-hydrogen) atoms. The van der Waals surface area contributed by atoms with Crippen molar-refractivity contribution in [3.05, 3.63) is 0 Å². The van der Waals surface area contributed by atoms with Gasteiger partial charge in [0, 0.05) is 24.5 Å². The maximum absolute atomic E-state index is 12.6. The minimum Gasteiger partial charge on any atom is -0.340 e. The second-order valence-corrected chi connectivity index (χ2v) is 6.10. The van der Waals surface area contributed by atoms with Gasteiger partial charge in [0.25, 0.3) is 0 Å². The van der Waals surface area contributed by atoms with E-state index in [4.69, 9.17) is 5.73 Å². The van der Waals surface area contributed by atoms with E-state index >= 15 is 0 Å². The fourth-order valence-electron chi connectivity index (χ4n) is 3.05. The molecule has 2 N–H and O–H groups in total. The number of hydrogen-bond acceptors (Lipinski definition) is 2. The summed E-state index contributed by atoms with van der Waals surface area (Å²) in [5.41, 5.74) is 6.03. The molecule has 3 heteroatoms. The van der Waals surface area contributed by atoms with Gasteiger partial charge in [-0.15, -0.1) is 0 Å². The highest BCUT2D eigenvalue weighted by Gasteiger charge is 2.31. The molecule has 3 nitrogen and oxygen atoms in total. The molecule has 1 amide bonds. The van der Waals surface area contributed by atoms with E-state index in [0.29, 0.717) is 23.9 Å². The smallest absolute Gasteiger partial charge is 0.225 e. The lowest BCUT2D eigenvalue weighted by atomic mass is 9.78. The first-order chi connectivity index (χ1) is 8.47. The number of hydrogen-bond donors (Lipinski definition) is 1. The molecular weight excluding hydrogens is 224 g/mol. The van der Waals surface area contributed by atoms with Gasteiger partial charge in [0.15, 0.2) is 0 Å². The zero-order valence-corrected chi connectivity index (χ0v) is 12.5. The molecule has 3 atom stereocenters. The lowest BCUT2D eigenvalue weighted by molar-refractivity contribution is -0.139. The van der Waals surface area contributed by atoms with Crippen LogP contribution in [0.25, 0.3) is 0 Å². The fourth-order valence-corrected chi connectivity index (χ4v) is 3.05. The first kappa shape index (κ1) is 15.5. The Morgan fingerprint density at radius 2 is 2.00 bits per heavy atom. The van der Waals surface area contributed by atoms with Crippen LogP contribution in [0, 0.1) is 11.8 Å². The highest BCUT2D eigenvalue weighted by Crippen LogP contribution is 2.30. The minimum atomic E-state index is 0.130. The largest absolute Gasteiger partial charge is 0.340 e. The quantitative estimate of drug-likeness (QED) is 0.820. The second-order valence-electron chi connectivity index (χ2n) is 6.10. The van der Waals surface area contributed by atoms with Crippen LogP contribution in [0.3, 0.4) is 0 Å². The summed E-state index contributed by atoms with van der Waals surface area (Å²) in [6.45, 7) is 9.30. The van der Waals surface area contributed by atoms with Crippen molar-refractivity contribution in [2.24, 2.45) is 17.6 Å². The Kier molecular flexibility index (Phi) is 6.13. The summed E-state index contributed by atoms with van der Waals surface area (Å²) in [6.07, 6.45) is 5.52. The molecule has 1 aliphatic carbocycles. The van der Waals surface area contributed by atoms with Crippen LogP contribution >= 0.6 is 0 Å². The molecule has 0 heterocycles. The highest BCUT2D eigenvalue weighted by atomic mass is 16.2. The van der Waals surface area contributed by atoms with E-state index in [-0.39, 0.29) is 5.92 Å². The van der Waals surface area contributed by atoms with E-state index in [1.807, 2.05) is 4.90 Å². The monoisotopic (exact) mass is 254 g/mol. The van der Waals surface area contributed by atoms with Gasteiger partial charge in [-0.05, 0) is 45.4 Å². The summed E-state index contributed by atoms with van der Waals surface area (Å²) in [4.78, 5) is 14.6. The molecule has 3 unspecified atom stereocenters. The average molecular weight is 254 g/mol. The van der Waals surface area contributed by atoms with E-state index < -0.39 is 0 Å². The Morgan fingerprint density at radius 3 is 2.50 bits per heavy atom. The molecule has 0 bridgehead atoms. The van der Waals surface area contributed by atoms with Crippen LogP contribution in [0.5, 0.6) is 0 Å². The SMILES string of the molecule is CCCN(C(=O)C(C)C1CCCC(N)C1)C(C)C. The number of amides is 1. The fraction of sp³-hybridized carbons (Fsp3) is 0.933. The number of nitrogens with zero attached hydrogens (tertiary/aromatic N) is 1. The van der Waals surface area contributed by atoms with Gasteiger partial charge in [0.1, 0.15) is 0 Å². The van der Waals surface area contributed by atoms with Crippen molar-refractivity contribution in [3.8, 4) is 0 Å². The Balaban J connectivity index is 2.62. The molecule has 0 aromatic rings. The topological polar surface area (TPSA) is 46.3 Å². The molecule has 0 aromatic carbocycles. The minimum absolute atomic E-state index is 0.130. The third-order valence-corrected chi connectivity index (χ3v) is 4.22. The van der Waals surface area contributed by atoms with Crippen LogP contribution in [-0.2, 0) is 4.79 Å².